The van der Waals surface area contributed by atoms with Crippen molar-refractivity contribution in [1.82, 2.24) is 4.31 Å². The van der Waals surface area contributed by atoms with Crippen LogP contribution in [0.5, 0.6) is 0 Å². The molecular weight excluding hydrogens is 316 g/mol. The lowest BCUT2D eigenvalue weighted by Crippen LogP contribution is -2.47. The third kappa shape index (κ3) is 3.73. The van der Waals surface area contributed by atoms with Crippen molar-refractivity contribution >= 4 is 16.0 Å². The number of nitrogens with two attached hydrogens (primary N) is 1. The fourth-order valence-electron chi connectivity index (χ4n) is 2.87. The number of piperidine rings is 1. The van der Waals surface area contributed by atoms with E-state index in [0.717, 1.165) is 19.3 Å². The second kappa shape index (κ2) is 7.42. The average Bonchev–Trinajstić information content (AvgIpc) is 2.55. The molecule has 2 rings (SSSR count). The Bertz CT molecular complexity index is 673. The molecule has 0 radical (unpaired) electrons. The molecule has 1 saturated heterocycles. The molecule has 1 heterocycles. The zero-order valence-corrected chi connectivity index (χ0v) is 14.4. The Hall–Kier alpha value is -1.44. The van der Waals surface area contributed by atoms with Crippen molar-refractivity contribution in [2.75, 3.05) is 19.7 Å². The maximum Gasteiger partial charge on any atom is 0.338 e. The molecule has 7 heteroatoms. The van der Waals surface area contributed by atoms with Crippen LogP contribution in [0.2, 0.25) is 0 Å². The first-order valence-corrected chi connectivity index (χ1v) is 9.35. The van der Waals surface area contributed by atoms with Crippen molar-refractivity contribution in [3.63, 3.8) is 0 Å². The normalized spacial score (nSPS) is 19.5. The van der Waals surface area contributed by atoms with Crippen molar-refractivity contribution in [2.45, 2.75) is 44.0 Å². The van der Waals surface area contributed by atoms with E-state index < -0.39 is 16.0 Å². The molecule has 0 aromatic heterocycles. The standard InChI is InChI=1S/C16H24N2O4S/c1-3-22-16(19)13-8-7-12(2)15(10-13)23(20,21)18-9-5-4-6-14(18)11-17/h7-8,10,14H,3-6,9,11,17H2,1-2H3. The van der Waals surface area contributed by atoms with Gasteiger partial charge < -0.3 is 10.5 Å². The number of aryl methyl sites for hydroxylation is 1. The van der Waals surface area contributed by atoms with E-state index in [1.54, 1.807) is 26.0 Å². The molecule has 6 nitrogen and oxygen atoms in total. The number of esters is 1. The number of carbonyl (C=O) groups excluding carboxylic acids is 1. The highest BCUT2D eigenvalue weighted by molar-refractivity contribution is 7.89. The lowest BCUT2D eigenvalue weighted by atomic mass is 10.1. The summed E-state index contributed by atoms with van der Waals surface area (Å²) in [5.41, 5.74) is 6.60. The number of hydrogen-bond donors (Lipinski definition) is 1. The number of benzene rings is 1. The maximum atomic E-state index is 13.0. The molecule has 0 aliphatic carbocycles. The van der Waals surface area contributed by atoms with E-state index >= 15 is 0 Å². The maximum absolute atomic E-state index is 13.0. The third-order valence-corrected chi connectivity index (χ3v) is 6.22. The summed E-state index contributed by atoms with van der Waals surface area (Å²) in [6.07, 6.45) is 2.58. The predicted octanol–water partition coefficient (Wildman–Crippen LogP) is 1.67. The van der Waals surface area contributed by atoms with Gasteiger partial charge in [-0.1, -0.05) is 12.5 Å². The first kappa shape index (κ1) is 17.9. The average molecular weight is 340 g/mol. The van der Waals surface area contributed by atoms with E-state index in [9.17, 15) is 13.2 Å². The SMILES string of the molecule is CCOC(=O)c1ccc(C)c(S(=O)(=O)N2CCCCC2CN)c1. The Kier molecular flexibility index (Phi) is 5.78. The summed E-state index contributed by atoms with van der Waals surface area (Å²) in [5.74, 6) is -0.516. The fraction of sp³-hybridized carbons (Fsp3) is 0.562. The molecule has 1 unspecified atom stereocenters. The van der Waals surface area contributed by atoms with Gasteiger partial charge in [-0.05, 0) is 44.4 Å². The zero-order valence-electron chi connectivity index (χ0n) is 13.6. The van der Waals surface area contributed by atoms with Gasteiger partial charge in [-0.3, -0.25) is 0 Å². The van der Waals surface area contributed by atoms with E-state index in [4.69, 9.17) is 10.5 Å². The van der Waals surface area contributed by atoms with Crippen LogP contribution in [-0.2, 0) is 14.8 Å². The molecule has 0 amide bonds. The van der Waals surface area contributed by atoms with Crippen LogP contribution in [0.25, 0.3) is 0 Å². The highest BCUT2D eigenvalue weighted by Gasteiger charge is 2.34. The molecule has 23 heavy (non-hydrogen) atoms. The van der Waals surface area contributed by atoms with E-state index in [0.29, 0.717) is 18.7 Å². The second-order valence-electron chi connectivity index (χ2n) is 5.70. The van der Waals surface area contributed by atoms with Gasteiger partial charge >= 0.3 is 5.97 Å². The molecule has 2 N–H and O–H groups in total. The Balaban J connectivity index is 2.42. The van der Waals surface area contributed by atoms with Gasteiger partial charge in [0.25, 0.3) is 0 Å². The Morgan fingerprint density at radius 2 is 2.13 bits per heavy atom. The van der Waals surface area contributed by atoms with E-state index in [1.807, 2.05) is 0 Å². The summed E-state index contributed by atoms with van der Waals surface area (Å²) in [5, 5.41) is 0. The minimum absolute atomic E-state index is 0.156. The molecule has 128 valence electrons. The molecule has 1 aliphatic heterocycles. The Morgan fingerprint density at radius 1 is 1.39 bits per heavy atom. The molecule has 0 bridgehead atoms. The summed E-state index contributed by atoms with van der Waals surface area (Å²) < 4.78 is 32.5. The van der Waals surface area contributed by atoms with Crippen LogP contribution in [0.4, 0.5) is 0 Å². The first-order valence-electron chi connectivity index (χ1n) is 7.91. The Morgan fingerprint density at radius 3 is 2.78 bits per heavy atom. The van der Waals surface area contributed by atoms with E-state index in [2.05, 4.69) is 0 Å². The summed E-state index contributed by atoms with van der Waals surface area (Å²) in [7, 11) is -3.68. The summed E-state index contributed by atoms with van der Waals surface area (Å²) >= 11 is 0. The highest BCUT2D eigenvalue weighted by atomic mass is 32.2. The summed E-state index contributed by atoms with van der Waals surface area (Å²) in [6.45, 7) is 4.45. The molecule has 0 spiro atoms. The van der Waals surface area contributed by atoms with Crippen LogP contribution in [-0.4, -0.2) is 44.4 Å². The lowest BCUT2D eigenvalue weighted by Gasteiger charge is -2.34. The zero-order chi connectivity index (χ0) is 17.0. The number of sulfonamides is 1. The molecule has 1 fully saturated rings. The number of rotatable bonds is 5. The molecule has 1 atom stereocenters. The number of nitrogens with zero attached hydrogens (tertiary/aromatic N) is 1. The van der Waals surface area contributed by atoms with Crippen LogP contribution in [0.3, 0.4) is 0 Å². The van der Waals surface area contributed by atoms with E-state index in [-0.39, 0.29) is 23.1 Å². The third-order valence-electron chi connectivity index (χ3n) is 4.13. The number of hydrogen-bond acceptors (Lipinski definition) is 5. The van der Waals surface area contributed by atoms with Crippen LogP contribution >= 0.6 is 0 Å². The Labute approximate surface area is 137 Å². The summed E-state index contributed by atoms with van der Waals surface area (Å²) in [4.78, 5) is 12.0. The van der Waals surface area contributed by atoms with Gasteiger partial charge in [0.2, 0.25) is 10.0 Å². The van der Waals surface area contributed by atoms with Gasteiger partial charge in [-0.15, -0.1) is 0 Å². The quantitative estimate of drug-likeness (QED) is 0.824. The molecular formula is C16H24N2O4S. The van der Waals surface area contributed by atoms with Crippen LogP contribution < -0.4 is 5.73 Å². The van der Waals surface area contributed by atoms with Crippen molar-refractivity contribution in [1.29, 1.82) is 0 Å². The smallest absolute Gasteiger partial charge is 0.338 e. The van der Waals surface area contributed by atoms with Crippen molar-refractivity contribution in [3.8, 4) is 0 Å². The van der Waals surface area contributed by atoms with Crippen molar-refractivity contribution in [2.24, 2.45) is 5.73 Å². The number of ether oxygens (including phenoxy) is 1. The fourth-order valence-corrected chi connectivity index (χ4v) is 4.83. The minimum atomic E-state index is -3.68. The largest absolute Gasteiger partial charge is 0.462 e. The van der Waals surface area contributed by atoms with E-state index in [1.165, 1.54) is 10.4 Å². The topological polar surface area (TPSA) is 89.7 Å². The van der Waals surface area contributed by atoms with Crippen LogP contribution in [0.1, 0.15) is 42.1 Å². The van der Waals surface area contributed by atoms with Gasteiger partial charge in [0.1, 0.15) is 0 Å². The van der Waals surface area contributed by atoms with Gasteiger partial charge in [0.15, 0.2) is 0 Å². The monoisotopic (exact) mass is 340 g/mol. The highest BCUT2D eigenvalue weighted by Crippen LogP contribution is 2.27. The van der Waals surface area contributed by atoms with Gasteiger partial charge in [0, 0.05) is 19.1 Å². The molecule has 1 aromatic carbocycles. The first-order chi connectivity index (χ1) is 10.9. The number of carbonyl (C=O) groups is 1. The van der Waals surface area contributed by atoms with Crippen molar-refractivity contribution < 1.29 is 17.9 Å². The van der Waals surface area contributed by atoms with Crippen LogP contribution in [0, 0.1) is 6.92 Å². The molecule has 0 saturated carbocycles. The second-order valence-corrected chi connectivity index (χ2v) is 7.56. The molecule has 1 aliphatic rings. The van der Waals surface area contributed by atoms with Crippen molar-refractivity contribution in [3.05, 3.63) is 29.3 Å². The lowest BCUT2D eigenvalue weighted by molar-refractivity contribution is 0.0526. The summed E-state index contributed by atoms with van der Waals surface area (Å²) in [6, 6.07) is 4.45. The predicted molar refractivity (Wildman–Crippen MR) is 87.7 cm³/mol. The van der Waals surface area contributed by atoms with Gasteiger partial charge in [0.05, 0.1) is 17.1 Å². The van der Waals surface area contributed by atoms with Crippen LogP contribution in [0.15, 0.2) is 23.1 Å². The van der Waals surface area contributed by atoms with Gasteiger partial charge in [-0.2, -0.15) is 4.31 Å². The minimum Gasteiger partial charge on any atom is -0.462 e. The molecule has 1 aromatic rings. The van der Waals surface area contributed by atoms with Gasteiger partial charge in [-0.25, -0.2) is 13.2 Å².